The molecule has 2 atom stereocenters. The molecule has 1 rings (SSSR count). The van der Waals surface area contributed by atoms with Gasteiger partial charge in [0.2, 0.25) is 5.91 Å². The van der Waals surface area contributed by atoms with Crippen LogP contribution in [0.25, 0.3) is 0 Å². The highest BCUT2D eigenvalue weighted by Gasteiger charge is 2.24. The van der Waals surface area contributed by atoms with E-state index in [0.717, 1.165) is 32.4 Å². The summed E-state index contributed by atoms with van der Waals surface area (Å²) < 4.78 is 5.48. The van der Waals surface area contributed by atoms with Crippen LogP contribution < -0.4 is 11.3 Å². The number of rotatable bonds is 7. The van der Waals surface area contributed by atoms with E-state index in [-0.39, 0.29) is 18.6 Å². The molecule has 0 aromatic rings. The molecule has 6 nitrogen and oxygen atoms in total. The Balaban J connectivity index is 2.11. The molecule has 0 radical (unpaired) electrons. The van der Waals surface area contributed by atoms with Crippen LogP contribution in [0.3, 0.4) is 0 Å². The predicted octanol–water partition coefficient (Wildman–Crippen LogP) is -0.382. The van der Waals surface area contributed by atoms with Gasteiger partial charge in [0.15, 0.2) is 0 Å². The normalized spacial score (nSPS) is 25.1. The summed E-state index contributed by atoms with van der Waals surface area (Å²) in [5, 5.41) is 9.08. The Hall–Kier alpha value is -0.690. The van der Waals surface area contributed by atoms with E-state index >= 15 is 0 Å². The average Bonchev–Trinajstić information content (AvgIpc) is 2.40. The van der Waals surface area contributed by atoms with Gasteiger partial charge in [0, 0.05) is 19.0 Å². The lowest BCUT2D eigenvalue weighted by Gasteiger charge is -2.37. The second-order valence-corrected chi connectivity index (χ2v) is 4.86. The molecular weight excluding hydrogens is 234 g/mol. The van der Waals surface area contributed by atoms with Crippen molar-refractivity contribution in [3.05, 3.63) is 0 Å². The quantitative estimate of drug-likeness (QED) is 0.251. The third kappa shape index (κ3) is 5.30. The molecule has 1 aliphatic heterocycles. The molecule has 1 heterocycles. The molecule has 18 heavy (non-hydrogen) atoms. The minimum atomic E-state index is -0.102. The Labute approximate surface area is 108 Å². The van der Waals surface area contributed by atoms with Crippen molar-refractivity contribution < 1.29 is 14.6 Å². The van der Waals surface area contributed by atoms with Gasteiger partial charge in [-0.15, -0.1) is 0 Å². The first-order valence-electron chi connectivity index (χ1n) is 6.63. The summed E-state index contributed by atoms with van der Waals surface area (Å²) >= 11 is 0. The Bertz CT molecular complexity index is 251. The highest BCUT2D eigenvalue weighted by atomic mass is 16.5. The molecule has 0 aliphatic carbocycles. The van der Waals surface area contributed by atoms with E-state index in [1.54, 1.807) is 0 Å². The molecule has 106 valence electrons. The zero-order chi connectivity index (χ0) is 13.4. The number of hydrazine groups is 1. The summed E-state index contributed by atoms with van der Waals surface area (Å²) in [6, 6.07) is 0.403. The number of amides is 1. The number of aliphatic hydroxyl groups excluding tert-OH is 1. The number of carbonyl (C=O) groups is 1. The molecule has 0 saturated carbocycles. The molecule has 1 amide bonds. The minimum absolute atomic E-state index is 0.0517. The summed E-state index contributed by atoms with van der Waals surface area (Å²) in [4.78, 5) is 13.3. The number of morpholine rings is 1. The first-order valence-corrected chi connectivity index (χ1v) is 6.63. The summed E-state index contributed by atoms with van der Waals surface area (Å²) in [7, 11) is 0. The fourth-order valence-corrected chi connectivity index (χ4v) is 2.15. The van der Waals surface area contributed by atoms with Crippen molar-refractivity contribution in [1.82, 2.24) is 10.3 Å². The van der Waals surface area contributed by atoms with Crippen molar-refractivity contribution in [2.45, 2.75) is 44.8 Å². The van der Waals surface area contributed by atoms with Gasteiger partial charge in [0.1, 0.15) is 0 Å². The van der Waals surface area contributed by atoms with Crippen LogP contribution in [0.2, 0.25) is 0 Å². The van der Waals surface area contributed by atoms with E-state index in [1.807, 2.05) is 0 Å². The molecule has 0 aromatic carbocycles. The topological polar surface area (TPSA) is 87.8 Å². The lowest BCUT2D eigenvalue weighted by Crippen LogP contribution is -2.49. The molecule has 1 saturated heterocycles. The van der Waals surface area contributed by atoms with Gasteiger partial charge in [0.05, 0.1) is 19.3 Å². The maximum Gasteiger partial charge on any atom is 0.233 e. The van der Waals surface area contributed by atoms with Gasteiger partial charge in [-0.2, -0.15) is 0 Å². The highest BCUT2D eigenvalue weighted by Crippen LogP contribution is 2.13. The number of hydrogen-bond acceptors (Lipinski definition) is 5. The monoisotopic (exact) mass is 259 g/mol. The van der Waals surface area contributed by atoms with Crippen LogP contribution in [0, 0.1) is 0 Å². The second kappa shape index (κ2) is 8.42. The molecule has 1 fully saturated rings. The maximum atomic E-state index is 10.9. The number of hydrogen-bond donors (Lipinski definition) is 3. The lowest BCUT2D eigenvalue weighted by molar-refractivity contribution is -0.121. The van der Waals surface area contributed by atoms with Gasteiger partial charge in [-0.05, 0) is 26.3 Å². The third-order valence-corrected chi connectivity index (χ3v) is 3.35. The zero-order valence-electron chi connectivity index (χ0n) is 11.1. The lowest BCUT2D eigenvalue weighted by atomic mass is 10.1. The number of carbonyl (C=O) groups excluding carboxylic acids is 1. The van der Waals surface area contributed by atoms with Gasteiger partial charge in [0.25, 0.3) is 0 Å². The van der Waals surface area contributed by atoms with Crippen LogP contribution in [-0.2, 0) is 9.53 Å². The van der Waals surface area contributed by atoms with Crippen LogP contribution >= 0.6 is 0 Å². The third-order valence-electron chi connectivity index (χ3n) is 3.35. The molecule has 0 aromatic heterocycles. The second-order valence-electron chi connectivity index (χ2n) is 4.86. The van der Waals surface area contributed by atoms with E-state index in [4.69, 9.17) is 15.7 Å². The Morgan fingerprint density at radius 1 is 1.50 bits per heavy atom. The molecule has 1 aliphatic rings. The van der Waals surface area contributed by atoms with Crippen LogP contribution in [0.15, 0.2) is 0 Å². The van der Waals surface area contributed by atoms with Gasteiger partial charge >= 0.3 is 0 Å². The number of ether oxygens (including phenoxy) is 1. The first kappa shape index (κ1) is 15.4. The van der Waals surface area contributed by atoms with Gasteiger partial charge < -0.3 is 9.84 Å². The maximum absolute atomic E-state index is 10.9. The first-order chi connectivity index (χ1) is 8.67. The number of nitrogens with zero attached hydrogens (tertiary/aromatic N) is 1. The number of nitrogens with one attached hydrogen (secondary N) is 1. The zero-order valence-corrected chi connectivity index (χ0v) is 11.1. The standard InChI is InChI=1S/C12H25N3O3/c1-10-9-18-11(8-16)7-15(10)6-4-2-3-5-12(17)14-13/h10-11,16H,2-9,13H2,1H3,(H,14,17). The summed E-state index contributed by atoms with van der Waals surface area (Å²) in [5.74, 6) is 4.91. The van der Waals surface area contributed by atoms with Crippen molar-refractivity contribution in [2.75, 3.05) is 26.3 Å². The van der Waals surface area contributed by atoms with Crippen molar-refractivity contribution in [3.8, 4) is 0 Å². The average molecular weight is 259 g/mol. The van der Waals surface area contributed by atoms with Crippen molar-refractivity contribution in [2.24, 2.45) is 5.84 Å². The van der Waals surface area contributed by atoms with E-state index in [2.05, 4.69) is 17.2 Å². The Morgan fingerprint density at radius 3 is 2.94 bits per heavy atom. The number of unbranched alkanes of at least 4 members (excludes halogenated alkanes) is 2. The molecular formula is C12H25N3O3. The molecule has 6 heteroatoms. The van der Waals surface area contributed by atoms with E-state index in [1.165, 1.54) is 0 Å². The molecule has 2 unspecified atom stereocenters. The highest BCUT2D eigenvalue weighted by molar-refractivity contribution is 5.74. The van der Waals surface area contributed by atoms with E-state index < -0.39 is 0 Å². The molecule has 4 N–H and O–H groups in total. The number of aliphatic hydroxyl groups is 1. The summed E-state index contributed by atoms with van der Waals surface area (Å²) in [5.41, 5.74) is 2.13. The van der Waals surface area contributed by atoms with Crippen molar-refractivity contribution >= 4 is 5.91 Å². The van der Waals surface area contributed by atoms with E-state index in [9.17, 15) is 4.79 Å². The molecule has 0 bridgehead atoms. The van der Waals surface area contributed by atoms with Crippen LogP contribution in [0.4, 0.5) is 0 Å². The fraction of sp³-hybridized carbons (Fsp3) is 0.917. The van der Waals surface area contributed by atoms with Crippen LogP contribution in [0.1, 0.15) is 32.6 Å². The van der Waals surface area contributed by atoms with Gasteiger partial charge in [-0.3, -0.25) is 15.1 Å². The predicted molar refractivity (Wildman–Crippen MR) is 68.7 cm³/mol. The minimum Gasteiger partial charge on any atom is -0.394 e. The Morgan fingerprint density at radius 2 is 2.28 bits per heavy atom. The molecule has 0 spiro atoms. The fourth-order valence-electron chi connectivity index (χ4n) is 2.15. The van der Waals surface area contributed by atoms with E-state index in [0.29, 0.717) is 19.1 Å². The van der Waals surface area contributed by atoms with Crippen molar-refractivity contribution in [3.63, 3.8) is 0 Å². The SMILES string of the molecule is CC1COC(CO)CN1CCCCCC(=O)NN. The summed E-state index contributed by atoms with van der Waals surface area (Å²) in [6.45, 7) is 4.68. The number of nitrogens with two attached hydrogens (primary N) is 1. The largest absolute Gasteiger partial charge is 0.394 e. The van der Waals surface area contributed by atoms with Crippen LogP contribution in [0.5, 0.6) is 0 Å². The van der Waals surface area contributed by atoms with Gasteiger partial charge in [-0.1, -0.05) is 6.42 Å². The summed E-state index contributed by atoms with van der Waals surface area (Å²) in [6.07, 6.45) is 3.38. The van der Waals surface area contributed by atoms with Gasteiger partial charge in [-0.25, -0.2) is 5.84 Å². The van der Waals surface area contributed by atoms with Crippen molar-refractivity contribution in [1.29, 1.82) is 0 Å². The Kier molecular flexibility index (Phi) is 7.19. The van der Waals surface area contributed by atoms with Crippen LogP contribution in [-0.4, -0.2) is 54.4 Å². The smallest absolute Gasteiger partial charge is 0.233 e.